The van der Waals surface area contributed by atoms with Crippen LogP contribution in [-0.4, -0.2) is 17.2 Å². The van der Waals surface area contributed by atoms with Crippen LogP contribution in [-0.2, 0) is 0 Å². The second-order valence-corrected chi connectivity index (χ2v) is 11.7. The first-order chi connectivity index (χ1) is 11.0. The summed E-state index contributed by atoms with van der Waals surface area (Å²) in [6.07, 6.45) is 3.89. The molecule has 1 aromatic carbocycles. The summed E-state index contributed by atoms with van der Waals surface area (Å²) in [5.41, 5.74) is 3.16. The summed E-state index contributed by atoms with van der Waals surface area (Å²) in [6.45, 7) is 23.3. The van der Waals surface area contributed by atoms with Crippen molar-refractivity contribution in [1.82, 2.24) is 0 Å². The van der Waals surface area contributed by atoms with Gasteiger partial charge in [0.2, 0.25) is 0 Å². The van der Waals surface area contributed by atoms with Crippen molar-refractivity contribution in [3.05, 3.63) is 35.4 Å². The Kier molecular flexibility index (Phi) is 8.46. The van der Waals surface area contributed by atoms with E-state index in [0.717, 1.165) is 11.2 Å². The molecule has 1 aromatic rings. The Morgan fingerprint density at radius 3 is 1.92 bits per heavy atom. The van der Waals surface area contributed by atoms with Gasteiger partial charge in [-0.1, -0.05) is 0 Å². The summed E-state index contributed by atoms with van der Waals surface area (Å²) in [4.78, 5) is 0. The molecule has 0 bridgehead atoms. The Morgan fingerprint density at radius 2 is 1.50 bits per heavy atom. The van der Waals surface area contributed by atoms with Crippen molar-refractivity contribution in [3.8, 4) is 0 Å². The third-order valence-electron chi connectivity index (χ3n) is 5.07. The molecule has 0 radical (unpaired) electrons. The summed E-state index contributed by atoms with van der Waals surface area (Å²) in [5.74, 6) is 1.38. The molecule has 0 fully saturated rings. The Bertz CT molecular complexity index is 508. The van der Waals surface area contributed by atoms with Gasteiger partial charge in [0.25, 0.3) is 0 Å². The molecule has 0 saturated heterocycles. The SMILES string of the molecule is B=S(C(C)C)C(CCC(c1ccc(C)cc1)C(C)(C)C)CC(C)C. The van der Waals surface area contributed by atoms with Gasteiger partial charge in [-0.15, -0.1) is 0 Å². The molecular formula is C22H39BS. The molecule has 0 spiro atoms. The molecule has 0 N–H and O–H groups in total. The zero-order chi connectivity index (χ0) is 18.5. The predicted molar refractivity (Wildman–Crippen MR) is 116 cm³/mol. The Labute approximate surface area is 155 Å². The van der Waals surface area contributed by atoms with Gasteiger partial charge in [0.1, 0.15) is 0 Å². The van der Waals surface area contributed by atoms with Crippen molar-refractivity contribution in [2.45, 2.75) is 91.1 Å². The number of rotatable bonds is 8. The van der Waals surface area contributed by atoms with Gasteiger partial charge in [-0.25, -0.2) is 0 Å². The zero-order valence-corrected chi connectivity index (χ0v) is 18.2. The molecule has 1 rings (SSSR count). The number of benzene rings is 1. The molecule has 0 amide bonds. The van der Waals surface area contributed by atoms with E-state index >= 15 is 0 Å². The van der Waals surface area contributed by atoms with E-state index in [-0.39, 0.29) is 10.3 Å². The fraction of sp³-hybridized carbons (Fsp3) is 0.727. The Balaban J connectivity index is 2.93. The van der Waals surface area contributed by atoms with Crippen molar-refractivity contribution >= 4 is 17.0 Å². The Morgan fingerprint density at radius 1 is 0.958 bits per heavy atom. The van der Waals surface area contributed by atoms with E-state index < -0.39 is 0 Å². The molecule has 2 heteroatoms. The van der Waals surface area contributed by atoms with Crippen LogP contribution in [0.4, 0.5) is 0 Å². The van der Waals surface area contributed by atoms with Gasteiger partial charge < -0.3 is 0 Å². The van der Waals surface area contributed by atoms with Crippen molar-refractivity contribution in [3.63, 3.8) is 0 Å². The molecule has 0 saturated carbocycles. The van der Waals surface area contributed by atoms with Crippen LogP contribution in [0.3, 0.4) is 0 Å². The van der Waals surface area contributed by atoms with E-state index in [4.69, 9.17) is 0 Å². The molecule has 24 heavy (non-hydrogen) atoms. The van der Waals surface area contributed by atoms with Crippen molar-refractivity contribution in [2.24, 2.45) is 11.3 Å². The van der Waals surface area contributed by atoms with E-state index in [0.29, 0.717) is 16.6 Å². The fourth-order valence-corrected chi connectivity index (χ4v) is 5.40. The topological polar surface area (TPSA) is 0 Å². The first kappa shape index (κ1) is 21.7. The van der Waals surface area contributed by atoms with Crippen LogP contribution in [0.15, 0.2) is 24.3 Å². The molecular weight excluding hydrogens is 307 g/mol. The van der Waals surface area contributed by atoms with Crippen LogP contribution < -0.4 is 0 Å². The van der Waals surface area contributed by atoms with Crippen LogP contribution in [0.1, 0.15) is 84.8 Å². The second kappa shape index (κ2) is 9.37. The van der Waals surface area contributed by atoms with E-state index in [1.54, 1.807) is 0 Å². The molecule has 0 aliphatic heterocycles. The van der Waals surface area contributed by atoms with Gasteiger partial charge in [0, 0.05) is 0 Å². The van der Waals surface area contributed by atoms with Gasteiger partial charge in [0.15, 0.2) is 0 Å². The van der Waals surface area contributed by atoms with E-state index in [1.807, 2.05) is 0 Å². The van der Waals surface area contributed by atoms with E-state index in [9.17, 15) is 0 Å². The fourth-order valence-electron chi connectivity index (χ4n) is 3.55. The van der Waals surface area contributed by atoms with Crippen LogP contribution in [0.5, 0.6) is 0 Å². The van der Waals surface area contributed by atoms with Gasteiger partial charge in [-0.3, -0.25) is 0 Å². The quantitative estimate of drug-likeness (QED) is 0.453. The van der Waals surface area contributed by atoms with Gasteiger partial charge in [0.05, 0.1) is 0 Å². The maximum atomic E-state index is 4.54. The average Bonchev–Trinajstić information content (AvgIpc) is 2.45. The maximum absolute atomic E-state index is 4.54. The molecule has 136 valence electrons. The summed E-state index contributed by atoms with van der Waals surface area (Å²) >= 11 is 0. The van der Waals surface area contributed by atoms with Gasteiger partial charge >= 0.3 is 155 Å². The standard InChI is InChI=1S/C22H39BS/c1-16(2)15-20(24(23)17(3)4)13-14-21(22(6,7)8)19-11-9-18(5)10-12-19/h9-12,16-17,20-21,23H,13-15H2,1-8H3. The predicted octanol–water partition coefficient (Wildman–Crippen LogP) is 6.81. The summed E-state index contributed by atoms with van der Waals surface area (Å²) in [6, 6.07) is 9.21. The molecule has 0 aliphatic rings. The molecule has 0 aliphatic carbocycles. The number of aryl methyl sites for hydroxylation is 1. The summed E-state index contributed by atoms with van der Waals surface area (Å²) in [7, 11) is 0.267. The molecule has 0 aromatic heterocycles. The normalized spacial score (nSPS) is 16.4. The monoisotopic (exact) mass is 346 g/mol. The molecule has 3 atom stereocenters. The van der Waals surface area contributed by atoms with E-state index in [1.165, 1.54) is 30.4 Å². The van der Waals surface area contributed by atoms with Crippen molar-refractivity contribution in [1.29, 1.82) is 0 Å². The van der Waals surface area contributed by atoms with Crippen molar-refractivity contribution in [2.75, 3.05) is 0 Å². The van der Waals surface area contributed by atoms with Crippen LogP contribution in [0.25, 0.3) is 0 Å². The van der Waals surface area contributed by atoms with E-state index in [2.05, 4.69) is 86.4 Å². The van der Waals surface area contributed by atoms with Gasteiger partial charge in [-0.05, 0) is 0 Å². The average molecular weight is 346 g/mol. The zero-order valence-electron chi connectivity index (χ0n) is 17.4. The summed E-state index contributed by atoms with van der Waals surface area (Å²) in [5, 5.41) is 1.46. The minimum atomic E-state index is 0.267. The second-order valence-electron chi connectivity index (χ2n) is 9.18. The minimum absolute atomic E-state index is 0.267. The van der Waals surface area contributed by atoms with Crippen LogP contribution in [0, 0.1) is 18.3 Å². The van der Waals surface area contributed by atoms with Crippen molar-refractivity contribution < 1.29 is 0 Å². The molecule has 0 nitrogen and oxygen atoms in total. The third kappa shape index (κ3) is 6.86. The summed E-state index contributed by atoms with van der Waals surface area (Å²) < 4.78 is 0. The van der Waals surface area contributed by atoms with Crippen LogP contribution in [0.2, 0.25) is 0 Å². The number of hydrogen-bond acceptors (Lipinski definition) is 0. The first-order valence-electron chi connectivity index (χ1n) is 9.60. The molecule has 0 heterocycles. The third-order valence-corrected chi connectivity index (χ3v) is 7.57. The molecule has 3 unspecified atom stereocenters. The Hall–Kier alpha value is -0.365. The number of hydrogen-bond donors (Lipinski definition) is 0. The van der Waals surface area contributed by atoms with Crippen LogP contribution >= 0.6 is 10.3 Å². The van der Waals surface area contributed by atoms with Gasteiger partial charge in [-0.2, -0.15) is 0 Å². The first-order valence-corrected chi connectivity index (χ1v) is 11.1.